The summed E-state index contributed by atoms with van der Waals surface area (Å²) < 4.78 is 18.5. The Morgan fingerprint density at radius 1 is 1.58 bits per heavy atom. The average Bonchev–Trinajstić information content (AvgIpc) is 2.33. The molecule has 0 aliphatic heterocycles. The van der Waals surface area contributed by atoms with Gasteiger partial charge in [0.15, 0.2) is 11.6 Å². The number of ether oxygens (including phenoxy) is 1. The monoisotopic (exact) mass is 273 g/mol. The number of hydrogen-bond acceptors (Lipinski definition) is 7. The zero-order chi connectivity index (χ0) is 14.4. The Morgan fingerprint density at radius 3 is 2.84 bits per heavy atom. The third-order valence-electron chi connectivity index (χ3n) is 2.18. The van der Waals surface area contributed by atoms with Gasteiger partial charge in [-0.15, -0.1) is 0 Å². The van der Waals surface area contributed by atoms with E-state index in [4.69, 9.17) is 10.6 Å². The second-order valence-electron chi connectivity index (χ2n) is 3.52. The van der Waals surface area contributed by atoms with Crippen molar-refractivity contribution >= 4 is 11.7 Å². The Balaban J connectivity index is 2.67. The fourth-order valence-electron chi connectivity index (χ4n) is 1.31. The van der Waals surface area contributed by atoms with Crippen molar-refractivity contribution in [3.8, 4) is 5.75 Å². The molecular weight excluding hydrogens is 261 g/mol. The van der Waals surface area contributed by atoms with Crippen LogP contribution in [0, 0.1) is 22.9 Å². The molecule has 0 fully saturated rings. The van der Waals surface area contributed by atoms with Crippen molar-refractivity contribution in [2.24, 2.45) is 5.84 Å². The number of carbonyl (C=O) groups is 1. The second-order valence-corrected chi connectivity index (χ2v) is 3.52. The minimum atomic E-state index is -0.873. The summed E-state index contributed by atoms with van der Waals surface area (Å²) in [5.74, 6) is 3.02. The number of hydrogen-bond donors (Lipinski definition) is 2. The SMILES string of the molecule is Cc1cc(OCCC(=O)ONN)c(F)cc1[N+](=O)[O-]. The molecule has 0 amide bonds. The van der Waals surface area contributed by atoms with Crippen molar-refractivity contribution in [1.82, 2.24) is 5.59 Å². The zero-order valence-corrected chi connectivity index (χ0v) is 10.0. The van der Waals surface area contributed by atoms with Gasteiger partial charge >= 0.3 is 5.97 Å². The molecule has 0 unspecified atom stereocenters. The third-order valence-corrected chi connectivity index (χ3v) is 2.18. The molecule has 19 heavy (non-hydrogen) atoms. The first-order chi connectivity index (χ1) is 8.95. The van der Waals surface area contributed by atoms with Crippen LogP contribution >= 0.6 is 0 Å². The average molecular weight is 273 g/mol. The Bertz CT molecular complexity index is 494. The molecule has 0 aliphatic carbocycles. The predicted octanol–water partition coefficient (Wildman–Crippen LogP) is 0.733. The van der Waals surface area contributed by atoms with E-state index in [9.17, 15) is 19.3 Å². The Hall–Kier alpha value is -2.26. The van der Waals surface area contributed by atoms with Crippen molar-refractivity contribution in [1.29, 1.82) is 0 Å². The maximum absolute atomic E-state index is 13.5. The van der Waals surface area contributed by atoms with E-state index in [1.54, 1.807) is 5.59 Å². The standard InChI is InChI=1S/C10H12FN3O5/c1-6-4-9(7(11)5-8(6)14(16)17)18-3-2-10(15)19-13-12/h4-5,13H,2-3,12H2,1H3. The van der Waals surface area contributed by atoms with Gasteiger partial charge in [0.1, 0.15) is 0 Å². The fourth-order valence-corrected chi connectivity index (χ4v) is 1.31. The smallest absolute Gasteiger partial charge is 0.329 e. The number of nitrogens with one attached hydrogen (secondary N) is 1. The van der Waals surface area contributed by atoms with E-state index in [1.807, 2.05) is 0 Å². The number of nitrogens with two attached hydrogens (primary N) is 1. The van der Waals surface area contributed by atoms with Gasteiger partial charge in [-0.2, -0.15) is 0 Å². The van der Waals surface area contributed by atoms with Crippen LogP contribution in [0.4, 0.5) is 10.1 Å². The van der Waals surface area contributed by atoms with E-state index in [-0.39, 0.29) is 30.0 Å². The lowest BCUT2D eigenvalue weighted by Crippen LogP contribution is -2.27. The molecule has 0 atom stereocenters. The number of hydrazine groups is 1. The third kappa shape index (κ3) is 4.16. The molecular formula is C10H12FN3O5. The minimum Gasteiger partial charge on any atom is -0.490 e. The lowest BCUT2D eigenvalue weighted by molar-refractivity contribution is -0.385. The number of nitro benzene ring substituents is 1. The molecule has 104 valence electrons. The van der Waals surface area contributed by atoms with E-state index < -0.39 is 16.7 Å². The molecule has 0 spiro atoms. The summed E-state index contributed by atoms with van der Waals surface area (Å²) in [7, 11) is 0. The second kappa shape index (κ2) is 6.61. The van der Waals surface area contributed by atoms with Crippen molar-refractivity contribution in [3.05, 3.63) is 33.6 Å². The summed E-state index contributed by atoms with van der Waals surface area (Å²) in [5, 5.41) is 10.6. The number of nitro groups is 1. The Morgan fingerprint density at radius 2 is 2.26 bits per heavy atom. The fraction of sp³-hybridized carbons (Fsp3) is 0.300. The number of benzene rings is 1. The molecule has 0 heterocycles. The normalized spacial score (nSPS) is 10.1. The molecule has 0 saturated heterocycles. The minimum absolute atomic E-state index is 0.144. The van der Waals surface area contributed by atoms with Crippen LogP contribution in [0.25, 0.3) is 0 Å². The van der Waals surface area contributed by atoms with Crippen molar-refractivity contribution in [2.75, 3.05) is 6.61 Å². The van der Waals surface area contributed by atoms with Crippen molar-refractivity contribution in [2.45, 2.75) is 13.3 Å². The molecule has 0 aliphatic rings. The van der Waals surface area contributed by atoms with Crippen LogP contribution in [-0.4, -0.2) is 17.5 Å². The van der Waals surface area contributed by atoms with Gasteiger partial charge in [0.2, 0.25) is 0 Å². The summed E-state index contributed by atoms with van der Waals surface area (Å²) >= 11 is 0. The molecule has 0 saturated carbocycles. The van der Waals surface area contributed by atoms with E-state index in [1.165, 1.54) is 13.0 Å². The van der Waals surface area contributed by atoms with Crippen LogP contribution in [-0.2, 0) is 9.63 Å². The molecule has 9 heteroatoms. The molecule has 1 aromatic carbocycles. The highest BCUT2D eigenvalue weighted by Crippen LogP contribution is 2.26. The zero-order valence-electron chi connectivity index (χ0n) is 10.0. The first kappa shape index (κ1) is 14.8. The number of carbonyl (C=O) groups excluding carboxylic acids is 1. The first-order valence-corrected chi connectivity index (χ1v) is 5.18. The largest absolute Gasteiger partial charge is 0.490 e. The lowest BCUT2D eigenvalue weighted by atomic mass is 10.2. The van der Waals surface area contributed by atoms with Gasteiger partial charge in [-0.05, 0) is 13.0 Å². The van der Waals surface area contributed by atoms with E-state index in [0.717, 1.165) is 6.07 Å². The molecule has 8 nitrogen and oxygen atoms in total. The van der Waals surface area contributed by atoms with Gasteiger partial charge in [-0.1, -0.05) is 5.59 Å². The van der Waals surface area contributed by atoms with Gasteiger partial charge in [-0.3, -0.25) is 14.9 Å². The summed E-state index contributed by atoms with van der Waals surface area (Å²) in [6, 6.07) is 1.96. The van der Waals surface area contributed by atoms with Crippen LogP contribution in [0.1, 0.15) is 12.0 Å². The van der Waals surface area contributed by atoms with E-state index in [0.29, 0.717) is 0 Å². The topological polar surface area (TPSA) is 117 Å². The molecule has 1 aromatic rings. The van der Waals surface area contributed by atoms with Crippen LogP contribution in [0.5, 0.6) is 5.75 Å². The maximum Gasteiger partial charge on any atom is 0.329 e. The van der Waals surface area contributed by atoms with E-state index >= 15 is 0 Å². The van der Waals surface area contributed by atoms with Crippen LogP contribution in [0.2, 0.25) is 0 Å². The van der Waals surface area contributed by atoms with E-state index in [2.05, 4.69) is 4.84 Å². The summed E-state index contributed by atoms with van der Waals surface area (Å²) in [6.07, 6.45) is -0.153. The number of rotatable bonds is 6. The maximum atomic E-state index is 13.5. The van der Waals surface area contributed by atoms with Crippen molar-refractivity contribution in [3.63, 3.8) is 0 Å². The molecule has 3 N–H and O–H groups in total. The highest BCUT2D eigenvalue weighted by atomic mass is 19.1. The summed E-state index contributed by atoms with van der Waals surface area (Å²) in [6.45, 7) is 1.31. The number of nitrogens with zero attached hydrogens (tertiary/aromatic N) is 1. The Labute approximate surface area is 107 Å². The van der Waals surface area contributed by atoms with Gasteiger partial charge in [0, 0.05) is 5.56 Å². The first-order valence-electron chi connectivity index (χ1n) is 5.18. The number of halogens is 1. The highest BCUT2D eigenvalue weighted by molar-refractivity contribution is 5.69. The van der Waals surface area contributed by atoms with Gasteiger partial charge in [0.25, 0.3) is 5.69 Å². The van der Waals surface area contributed by atoms with Gasteiger partial charge in [-0.25, -0.2) is 10.2 Å². The summed E-state index contributed by atoms with van der Waals surface area (Å²) in [5.41, 5.74) is 1.62. The molecule has 0 aromatic heterocycles. The quantitative estimate of drug-likeness (QED) is 0.445. The highest BCUT2D eigenvalue weighted by Gasteiger charge is 2.16. The molecule has 0 bridgehead atoms. The molecule has 0 radical (unpaired) electrons. The van der Waals surface area contributed by atoms with Crippen LogP contribution < -0.4 is 16.2 Å². The van der Waals surface area contributed by atoms with Crippen LogP contribution in [0.15, 0.2) is 12.1 Å². The number of aryl methyl sites for hydroxylation is 1. The van der Waals surface area contributed by atoms with Crippen molar-refractivity contribution < 1.29 is 23.7 Å². The predicted molar refractivity (Wildman–Crippen MR) is 61.3 cm³/mol. The van der Waals surface area contributed by atoms with Gasteiger partial charge < -0.3 is 9.57 Å². The lowest BCUT2D eigenvalue weighted by Gasteiger charge is -2.08. The van der Waals surface area contributed by atoms with Gasteiger partial charge in [0.05, 0.1) is 24.0 Å². The summed E-state index contributed by atoms with van der Waals surface area (Å²) in [4.78, 5) is 25.0. The van der Waals surface area contributed by atoms with Crippen LogP contribution in [0.3, 0.4) is 0 Å². The Kier molecular flexibility index (Phi) is 5.15. The molecule has 1 rings (SSSR count).